The minimum absolute atomic E-state index is 0.0275. The van der Waals surface area contributed by atoms with E-state index >= 15 is 0 Å². The van der Waals surface area contributed by atoms with Gasteiger partial charge in [0.05, 0.1) is 5.51 Å². The number of hydrogen-bond acceptors (Lipinski definition) is 6. The number of halogens is 2. The average molecular weight is 388 g/mol. The summed E-state index contributed by atoms with van der Waals surface area (Å²) in [6.07, 6.45) is 0.852. The standard InChI is InChI=1S/C15H18F2N4O2S2/c1-9-12(21(2)10-3-4-18-6-10)5-11(16)15(14(9)17)25(22,23)20-13-7-24-8-19-13/h5,7-8,10,18,20H,3-4,6H2,1-2H3. The van der Waals surface area contributed by atoms with Crippen molar-refractivity contribution < 1.29 is 17.2 Å². The number of rotatable bonds is 5. The third kappa shape index (κ3) is 3.46. The van der Waals surface area contributed by atoms with Crippen molar-refractivity contribution in [1.29, 1.82) is 0 Å². The Morgan fingerprint density at radius 1 is 1.44 bits per heavy atom. The van der Waals surface area contributed by atoms with E-state index in [0.29, 0.717) is 12.2 Å². The summed E-state index contributed by atoms with van der Waals surface area (Å²) in [4.78, 5) is 4.57. The van der Waals surface area contributed by atoms with Crippen molar-refractivity contribution in [2.75, 3.05) is 29.8 Å². The summed E-state index contributed by atoms with van der Waals surface area (Å²) in [7, 11) is -2.66. The molecule has 25 heavy (non-hydrogen) atoms. The molecule has 1 unspecified atom stereocenters. The molecule has 2 aromatic rings. The van der Waals surface area contributed by atoms with Crippen LogP contribution in [-0.2, 0) is 10.0 Å². The highest BCUT2D eigenvalue weighted by Gasteiger charge is 2.30. The highest BCUT2D eigenvalue weighted by molar-refractivity contribution is 7.92. The van der Waals surface area contributed by atoms with Crippen molar-refractivity contribution in [2.45, 2.75) is 24.3 Å². The van der Waals surface area contributed by atoms with Crippen molar-refractivity contribution in [3.05, 3.63) is 34.2 Å². The van der Waals surface area contributed by atoms with E-state index in [2.05, 4.69) is 15.0 Å². The van der Waals surface area contributed by atoms with E-state index in [0.717, 1.165) is 19.0 Å². The van der Waals surface area contributed by atoms with Gasteiger partial charge in [-0.05, 0) is 26.0 Å². The maximum atomic E-state index is 14.8. The van der Waals surface area contributed by atoms with E-state index in [9.17, 15) is 17.2 Å². The van der Waals surface area contributed by atoms with Crippen LogP contribution in [0.4, 0.5) is 20.3 Å². The lowest BCUT2D eigenvalue weighted by Gasteiger charge is -2.28. The van der Waals surface area contributed by atoms with E-state index in [1.54, 1.807) is 11.9 Å². The van der Waals surface area contributed by atoms with E-state index in [4.69, 9.17) is 0 Å². The largest absolute Gasteiger partial charge is 0.370 e. The molecule has 0 radical (unpaired) electrons. The van der Waals surface area contributed by atoms with Gasteiger partial charge in [0, 0.05) is 36.3 Å². The number of likely N-dealkylation sites (N-methyl/N-ethyl adjacent to an activating group) is 1. The van der Waals surface area contributed by atoms with Crippen molar-refractivity contribution in [1.82, 2.24) is 10.3 Å². The van der Waals surface area contributed by atoms with Gasteiger partial charge < -0.3 is 10.2 Å². The van der Waals surface area contributed by atoms with Crippen LogP contribution in [0, 0.1) is 18.6 Å². The predicted molar refractivity (Wildman–Crippen MR) is 93.7 cm³/mol. The first-order chi connectivity index (χ1) is 11.8. The number of benzene rings is 1. The summed E-state index contributed by atoms with van der Waals surface area (Å²) in [5, 5.41) is 4.63. The van der Waals surface area contributed by atoms with Crippen LogP contribution in [0.25, 0.3) is 0 Å². The zero-order chi connectivity index (χ0) is 18.2. The first-order valence-electron chi connectivity index (χ1n) is 7.64. The van der Waals surface area contributed by atoms with Crippen LogP contribution < -0.4 is 14.9 Å². The fourth-order valence-corrected chi connectivity index (χ4v) is 4.66. The molecule has 6 nitrogen and oxygen atoms in total. The molecule has 0 amide bonds. The molecular weight excluding hydrogens is 370 g/mol. The van der Waals surface area contributed by atoms with Gasteiger partial charge in [-0.2, -0.15) is 0 Å². The van der Waals surface area contributed by atoms with E-state index in [1.807, 2.05) is 0 Å². The smallest absolute Gasteiger partial charge is 0.268 e. The van der Waals surface area contributed by atoms with Crippen molar-refractivity contribution in [3.63, 3.8) is 0 Å². The lowest BCUT2D eigenvalue weighted by molar-refractivity contribution is 0.514. The maximum absolute atomic E-state index is 14.8. The van der Waals surface area contributed by atoms with Crippen LogP contribution in [0.5, 0.6) is 0 Å². The summed E-state index contributed by atoms with van der Waals surface area (Å²) in [5.74, 6) is -2.19. The van der Waals surface area contributed by atoms with Crippen LogP contribution in [0.3, 0.4) is 0 Å². The Hall–Kier alpha value is -1.78. The molecule has 0 aliphatic carbocycles. The van der Waals surface area contributed by atoms with Gasteiger partial charge in [-0.1, -0.05) is 0 Å². The molecule has 0 bridgehead atoms. The van der Waals surface area contributed by atoms with Crippen LogP contribution in [0.1, 0.15) is 12.0 Å². The fraction of sp³-hybridized carbons (Fsp3) is 0.400. The Balaban J connectivity index is 2.00. The number of nitrogens with one attached hydrogen (secondary N) is 2. The van der Waals surface area contributed by atoms with Gasteiger partial charge in [-0.15, -0.1) is 11.3 Å². The van der Waals surface area contributed by atoms with E-state index in [-0.39, 0.29) is 17.4 Å². The summed E-state index contributed by atoms with van der Waals surface area (Å²) in [5.41, 5.74) is 1.86. The molecule has 1 saturated heterocycles. The third-order valence-electron chi connectivity index (χ3n) is 4.30. The van der Waals surface area contributed by atoms with Crippen LogP contribution in [0.15, 0.2) is 21.9 Å². The summed E-state index contributed by atoms with van der Waals surface area (Å²) < 4.78 is 56.2. The van der Waals surface area contributed by atoms with Gasteiger partial charge in [0.25, 0.3) is 10.0 Å². The monoisotopic (exact) mass is 388 g/mol. The molecule has 3 rings (SSSR count). The molecule has 1 aromatic heterocycles. The molecule has 2 N–H and O–H groups in total. The second kappa shape index (κ2) is 6.85. The predicted octanol–water partition coefficient (Wildman–Crippen LogP) is 2.33. The molecule has 0 saturated carbocycles. The molecule has 1 aromatic carbocycles. The Kier molecular flexibility index (Phi) is 4.94. The number of anilines is 2. The normalized spacial score (nSPS) is 17.7. The van der Waals surface area contributed by atoms with Crippen LogP contribution in [-0.4, -0.2) is 39.6 Å². The second-order valence-electron chi connectivity index (χ2n) is 5.88. The molecule has 1 atom stereocenters. The Morgan fingerprint density at radius 3 is 2.80 bits per heavy atom. The van der Waals surface area contributed by atoms with Gasteiger partial charge in [0.15, 0.2) is 16.5 Å². The molecule has 10 heteroatoms. The fourth-order valence-electron chi connectivity index (χ4n) is 2.91. The van der Waals surface area contributed by atoms with Gasteiger partial charge >= 0.3 is 0 Å². The second-order valence-corrected chi connectivity index (χ2v) is 8.22. The number of nitrogens with zero attached hydrogens (tertiary/aromatic N) is 2. The SMILES string of the molecule is Cc1c(N(C)C2CCNC2)cc(F)c(S(=O)(=O)Nc2cscn2)c1F. The van der Waals surface area contributed by atoms with E-state index < -0.39 is 26.6 Å². The Bertz CT molecular complexity index is 866. The molecule has 1 aliphatic rings. The minimum Gasteiger partial charge on any atom is -0.370 e. The lowest BCUT2D eigenvalue weighted by atomic mass is 10.1. The molecule has 2 heterocycles. The highest BCUT2D eigenvalue weighted by atomic mass is 32.2. The number of hydrogen-bond donors (Lipinski definition) is 2. The molecular formula is C15H18F2N4O2S2. The molecule has 1 fully saturated rings. The molecule has 1 aliphatic heterocycles. The van der Waals surface area contributed by atoms with Crippen molar-refractivity contribution in [2.24, 2.45) is 0 Å². The summed E-state index contributed by atoms with van der Waals surface area (Å²) in [6.45, 7) is 3.00. The first kappa shape index (κ1) is 18.0. The van der Waals surface area contributed by atoms with Gasteiger partial charge in [0.1, 0.15) is 5.82 Å². The van der Waals surface area contributed by atoms with Gasteiger partial charge in [-0.3, -0.25) is 4.72 Å². The zero-order valence-corrected chi connectivity index (χ0v) is 15.3. The quantitative estimate of drug-likeness (QED) is 0.822. The Morgan fingerprint density at radius 2 is 2.20 bits per heavy atom. The minimum atomic E-state index is -4.42. The topological polar surface area (TPSA) is 74.3 Å². The average Bonchev–Trinajstić information content (AvgIpc) is 3.22. The molecule has 136 valence electrons. The van der Waals surface area contributed by atoms with Crippen LogP contribution >= 0.6 is 11.3 Å². The van der Waals surface area contributed by atoms with Gasteiger partial charge in [-0.25, -0.2) is 22.2 Å². The Labute approximate surface area is 148 Å². The van der Waals surface area contributed by atoms with Crippen LogP contribution in [0.2, 0.25) is 0 Å². The summed E-state index contributed by atoms with van der Waals surface area (Å²) in [6, 6.07) is 1.18. The van der Waals surface area contributed by atoms with E-state index in [1.165, 1.54) is 29.2 Å². The number of sulfonamides is 1. The number of aromatic nitrogens is 1. The van der Waals surface area contributed by atoms with Gasteiger partial charge in [0.2, 0.25) is 0 Å². The third-order valence-corrected chi connectivity index (χ3v) is 6.27. The first-order valence-corrected chi connectivity index (χ1v) is 10.1. The molecule has 0 spiro atoms. The maximum Gasteiger partial charge on any atom is 0.268 e. The highest BCUT2D eigenvalue weighted by Crippen LogP contribution is 2.32. The van der Waals surface area contributed by atoms with Crippen molar-refractivity contribution in [3.8, 4) is 0 Å². The zero-order valence-electron chi connectivity index (χ0n) is 13.7. The summed E-state index contributed by atoms with van der Waals surface area (Å²) >= 11 is 1.17. The number of thiazole rings is 1. The van der Waals surface area contributed by atoms with Crippen molar-refractivity contribution >= 4 is 32.9 Å². The lowest BCUT2D eigenvalue weighted by Crippen LogP contribution is -2.34.